The Morgan fingerprint density at radius 2 is 1.94 bits per heavy atom. The molecule has 1 rings (SSSR count). The van der Waals surface area contributed by atoms with E-state index in [2.05, 4.69) is 0 Å². The standard InChI is InChI=1S/C12H18O4Si/c1-17(2,3)16-11-7-5-4-6-10(11)12(14)15-9-8-13/h4-7,13H,8-9H2,1-3H3. The van der Waals surface area contributed by atoms with E-state index in [1.807, 2.05) is 25.7 Å². The highest BCUT2D eigenvalue weighted by Gasteiger charge is 2.20. The summed E-state index contributed by atoms with van der Waals surface area (Å²) in [4.78, 5) is 11.7. The van der Waals surface area contributed by atoms with Gasteiger partial charge in [0.1, 0.15) is 17.9 Å². The molecule has 1 aromatic rings. The lowest BCUT2D eigenvalue weighted by atomic mass is 10.2. The number of carbonyl (C=O) groups is 1. The molecule has 1 aromatic carbocycles. The van der Waals surface area contributed by atoms with Gasteiger partial charge in [0.05, 0.1) is 6.61 Å². The van der Waals surface area contributed by atoms with Crippen LogP contribution in [0.25, 0.3) is 0 Å². The van der Waals surface area contributed by atoms with Crippen LogP contribution < -0.4 is 4.43 Å². The lowest BCUT2D eigenvalue weighted by Crippen LogP contribution is -2.30. The first-order chi connectivity index (χ1) is 7.94. The molecule has 0 fully saturated rings. The maximum atomic E-state index is 11.7. The Hall–Kier alpha value is -1.33. The average molecular weight is 254 g/mol. The molecule has 17 heavy (non-hydrogen) atoms. The zero-order valence-corrected chi connectivity index (χ0v) is 11.4. The molecule has 4 nitrogen and oxygen atoms in total. The molecule has 0 spiro atoms. The number of hydrogen-bond donors (Lipinski definition) is 1. The smallest absolute Gasteiger partial charge is 0.341 e. The largest absolute Gasteiger partial charge is 0.544 e. The molecule has 0 amide bonds. The van der Waals surface area contributed by atoms with Gasteiger partial charge < -0.3 is 14.3 Å². The highest BCUT2D eigenvalue weighted by Crippen LogP contribution is 2.22. The second-order valence-electron chi connectivity index (χ2n) is 4.57. The van der Waals surface area contributed by atoms with Gasteiger partial charge in [0.25, 0.3) is 0 Å². The summed E-state index contributed by atoms with van der Waals surface area (Å²) in [5.74, 6) is 0.0857. The van der Waals surface area contributed by atoms with Crippen LogP contribution in [-0.2, 0) is 4.74 Å². The topological polar surface area (TPSA) is 55.8 Å². The summed E-state index contributed by atoms with van der Waals surface area (Å²) >= 11 is 0. The minimum atomic E-state index is -1.76. The van der Waals surface area contributed by atoms with E-state index in [-0.39, 0.29) is 13.2 Å². The summed E-state index contributed by atoms with van der Waals surface area (Å²) in [7, 11) is -1.76. The van der Waals surface area contributed by atoms with Crippen LogP contribution >= 0.6 is 0 Å². The molecule has 94 valence electrons. The molecule has 0 atom stereocenters. The zero-order chi connectivity index (χ0) is 12.9. The number of aliphatic hydroxyl groups is 1. The summed E-state index contributed by atoms with van der Waals surface area (Å²) in [6.45, 7) is 5.96. The first kappa shape index (κ1) is 13.7. The molecule has 0 saturated heterocycles. The molecule has 0 aliphatic carbocycles. The minimum absolute atomic E-state index is 0.000113. The maximum absolute atomic E-state index is 11.7. The van der Waals surface area contributed by atoms with Crippen LogP contribution in [-0.4, -0.2) is 32.6 Å². The van der Waals surface area contributed by atoms with Crippen LogP contribution in [0.4, 0.5) is 0 Å². The van der Waals surface area contributed by atoms with E-state index >= 15 is 0 Å². The van der Waals surface area contributed by atoms with Crippen molar-refractivity contribution in [3.63, 3.8) is 0 Å². The maximum Gasteiger partial charge on any atom is 0.341 e. The Kier molecular flexibility index (Phi) is 4.71. The molecule has 0 unspecified atom stereocenters. The van der Waals surface area contributed by atoms with Crippen LogP contribution in [0, 0.1) is 0 Å². The number of carbonyl (C=O) groups excluding carboxylic acids is 1. The van der Waals surface area contributed by atoms with Gasteiger partial charge in [-0.1, -0.05) is 12.1 Å². The van der Waals surface area contributed by atoms with Crippen LogP contribution in [0.5, 0.6) is 5.75 Å². The SMILES string of the molecule is C[Si](C)(C)Oc1ccccc1C(=O)OCCO. The van der Waals surface area contributed by atoms with Crippen molar-refractivity contribution < 1.29 is 19.1 Å². The summed E-state index contributed by atoms with van der Waals surface area (Å²) in [6.07, 6.45) is 0. The number of aliphatic hydroxyl groups excluding tert-OH is 1. The van der Waals surface area contributed by atoms with E-state index in [1.54, 1.807) is 18.2 Å². The third-order valence-corrected chi connectivity index (χ3v) is 2.68. The molecule has 0 aliphatic rings. The van der Waals surface area contributed by atoms with E-state index in [0.717, 1.165) is 0 Å². The molecule has 0 bridgehead atoms. The number of benzene rings is 1. The van der Waals surface area contributed by atoms with Gasteiger partial charge in [-0.25, -0.2) is 4.79 Å². The lowest BCUT2D eigenvalue weighted by molar-refractivity contribution is 0.0431. The molecule has 0 aromatic heterocycles. The van der Waals surface area contributed by atoms with Gasteiger partial charge in [-0.05, 0) is 31.8 Å². The minimum Gasteiger partial charge on any atom is -0.544 e. The van der Waals surface area contributed by atoms with E-state index in [0.29, 0.717) is 11.3 Å². The summed E-state index contributed by atoms with van der Waals surface area (Å²) in [6, 6.07) is 6.99. The van der Waals surface area contributed by atoms with Crippen molar-refractivity contribution in [3.8, 4) is 5.75 Å². The average Bonchev–Trinajstić information content (AvgIpc) is 2.24. The van der Waals surface area contributed by atoms with Crippen LogP contribution in [0.3, 0.4) is 0 Å². The summed E-state index contributed by atoms with van der Waals surface area (Å²) in [5.41, 5.74) is 0.406. The number of rotatable bonds is 5. The van der Waals surface area contributed by atoms with E-state index < -0.39 is 14.3 Å². The van der Waals surface area contributed by atoms with Crippen molar-refractivity contribution in [2.24, 2.45) is 0 Å². The predicted molar refractivity (Wildman–Crippen MR) is 67.8 cm³/mol. The number of ether oxygens (including phenoxy) is 1. The fraction of sp³-hybridized carbons (Fsp3) is 0.417. The fourth-order valence-corrected chi connectivity index (χ4v) is 2.11. The molecule has 1 N–H and O–H groups in total. The number of esters is 1. The first-order valence-electron chi connectivity index (χ1n) is 5.50. The van der Waals surface area contributed by atoms with Crippen molar-refractivity contribution in [2.45, 2.75) is 19.6 Å². The normalized spacial score (nSPS) is 11.1. The third kappa shape index (κ3) is 4.58. The van der Waals surface area contributed by atoms with Crippen molar-refractivity contribution in [3.05, 3.63) is 29.8 Å². The van der Waals surface area contributed by atoms with Crippen molar-refractivity contribution >= 4 is 14.3 Å². The Bertz CT molecular complexity index is 384. The van der Waals surface area contributed by atoms with Gasteiger partial charge in [-0.15, -0.1) is 0 Å². The molecule has 0 saturated carbocycles. The number of para-hydroxylation sites is 1. The van der Waals surface area contributed by atoms with E-state index in [1.165, 1.54) is 0 Å². The molecule has 0 radical (unpaired) electrons. The van der Waals surface area contributed by atoms with Crippen molar-refractivity contribution in [1.29, 1.82) is 0 Å². The Morgan fingerprint density at radius 3 is 2.53 bits per heavy atom. The lowest BCUT2D eigenvalue weighted by Gasteiger charge is -2.20. The van der Waals surface area contributed by atoms with Crippen LogP contribution in [0.1, 0.15) is 10.4 Å². The molecular weight excluding hydrogens is 236 g/mol. The summed E-state index contributed by atoms with van der Waals surface area (Å²) in [5, 5.41) is 8.62. The summed E-state index contributed by atoms with van der Waals surface area (Å²) < 4.78 is 10.7. The van der Waals surface area contributed by atoms with Gasteiger partial charge in [-0.3, -0.25) is 0 Å². The van der Waals surface area contributed by atoms with Crippen LogP contribution in [0.15, 0.2) is 24.3 Å². The van der Waals surface area contributed by atoms with Gasteiger partial charge in [0.15, 0.2) is 0 Å². The van der Waals surface area contributed by atoms with Crippen molar-refractivity contribution in [1.82, 2.24) is 0 Å². The monoisotopic (exact) mass is 254 g/mol. The Balaban J connectivity index is 2.88. The molecule has 5 heteroatoms. The third-order valence-electron chi connectivity index (χ3n) is 1.85. The van der Waals surface area contributed by atoms with Gasteiger partial charge in [0.2, 0.25) is 8.32 Å². The second-order valence-corrected chi connectivity index (χ2v) is 9.00. The van der Waals surface area contributed by atoms with Gasteiger partial charge in [0, 0.05) is 0 Å². The second kappa shape index (κ2) is 5.84. The first-order valence-corrected chi connectivity index (χ1v) is 8.91. The predicted octanol–water partition coefficient (Wildman–Crippen LogP) is 2.05. The van der Waals surface area contributed by atoms with Gasteiger partial charge in [-0.2, -0.15) is 0 Å². The van der Waals surface area contributed by atoms with E-state index in [9.17, 15) is 4.79 Å². The highest BCUT2D eigenvalue weighted by atomic mass is 28.4. The molecule has 0 heterocycles. The molecule has 0 aliphatic heterocycles. The zero-order valence-electron chi connectivity index (χ0n) is 10.4. The van der Waals surface area contributed by atoms with E-state index in [4.69, 9.17) is 14.3 Å². The number of hydrogen-bond acceptors (Lipinski definition) is 4. The van der Waals surface area contributed by atoms with Crippen LogP contribution in [0.2, 0.25) is 19.6 Å². The van der Waals surface area contributed by atoms with Crippen molar-refractivity contribution in [2.75, 3.05) is 13.2 Å². The Morgan fingerprint density at radius 1 is 1.29 bits per heavy atom. The highest BCUT2D eigenvalue weighted by molar-refractivity contribution is 6.70. The Labute approximate surface area is 102 Å². The quantitative estimate of drug-likeness (QED) is 0.645. The molecular formula is C12H18O4Si. The van der Waals surface area contributed by atoms with Gasteiger partial charge >= 0.3 is 5.97 Å². The fourth-order valence-electron chi connectivity index (χ4n) is 1.27.